The molecule has 92 valence electrons. The Hall–Kier alpha value is -2.70. The molecular weight excluding hydrogens is 234 g/mol. The van der Waals surface area contributed by atoms with Crippen LogP contribution >= 0.6 is 0 Å². The molecule has 0 spiro atoms. The van der Waals surface area contributed by atoms with Crippen molar-refractivity contribution >= 4 is 12.2 Å². The number of rotatable bonds is 4. The first-order chi connectivity index (χ1) is 8.78. The average molecular weight is 245 g/mol. The molecule has 0 saturated heterocycles. The zero-order valence-corrected chi connectivity index (χ0v) is 9.62. The van der Waals surface area contributed by atoms with Gasteiger partial charge in [0.1, 0.15) is 11.9 Å². The number of hydrogen-bond donors (Lipinski definition) is 2. The van der Waals surface area contributed by atoms with Crippen LogP contribution in [0.2, 0.25) is 0 Å². The van der Waals surface area contributed by atoms with Gasteiger partial charge in [-0.2, -0.15) is 5.10 Å². The molecule has 0 aliphatic rings. The minimum Gasteiger partial charge on any atom is -0.497 e. The molecule has 0 unspecified atom stereocenters. The Kier molecular flexibility index (Phi) is 3.65. The Bertz CT molecular complexity index is 591. The summed E-state index contributed by atoms with van der Waals surface area (Å²) in [6, 6.07) is 7.35. The van der Waals surface area contributed by atoms with Gasteiger partial charge in [0.15, 0.2) is 0 Å². The smallest absolute Gasteiger partial charge is 0.271 e. The second kappa shape index (κ2) is 5.58. The van der Waals surface area contributed by atoms with Gasteiger partial charge in [-0.1, -0.05) is 0 Å². The quantitative estimate of drug-likeness (QED) is 0.608. The molecule has 7 heteroatoms. The molecule has 0 radical (unpaired) electrons. The van der Waals surface area contributed by atoms with Crippen molar-refractivity contribution in [3.05, 3.63) is 46.4 Å². The third-order valence-corrected chi connectivity index (χ3v) is 2.07. The summed E-state index contributed by atoms with van der Waals surface area (Å²) in [6.07, 6.45) is 2.67. The molecule has 0 aliphatic carbocycles. The van der Waals surface area contributed by atoms with Gasteiger partial charge >= 0.3 is 0 Å². The lowest BCUT2D eigenvalue weighted by Crippen LogP contribution is -2.10. The Morgan fingerprint density at radius 1 is 1.39 bits per heavy atom. The predicted octanol–water partition coefficient (Wildman–Crippen LogP) is 0.619. The number of hydrazone groups is 1. The summed E-state index contributed by atoms with van der Waals surface area (Å²) in [7, 11) is 1.61. The third kappa shape index (κ3) is 3.14. The van der Waals surface area contributed by atoms with Gasteiger partial charge < -0.3 is 4.74 Å². The molecule has 0 saturated carbocycles. The average Bonchev–Trinajstić information content (AvgIpc) is 2.40. The topological polar surface area (TPSA) is 92.3 Å². The van der Waals surface area contributed by atoms with Crippen molar-refractivity contribution < 1.29 is 4.74 Å². The Labute approximate surface area is 103 Å². The van der Waals surface area contributed by atoms with E-state index in [0.717, 1.165) is 17.5 Å². The molecule has 0 aliphatic heterocycles. The summed E-state index contributed by atoms with van der Waals surface area (Å²) < 4.78 is 5.04. The largest absolute Gasteiger partial charge is 0.497 e. The summed E-state index contributed by atoms with van der Waals surface area (Å²) in [5.41, 5.74) is 3.11. The third-order valence-electron chi connectivity index (χ3n) is 2.07. The maximum absolute atomic E-state index is 10.9. The highest BCUT2D eigenvalue weighted by Gasteiger charge is 1.93. The van der Waals surface area contributed by atoms with Gasteiger partial charge in [0.25, 0.3) is 5.56 Å². The van der Waals surface area contributed by atoms with E-state index in [1.54, 1.807) is 13.3 Å². The molecule has 7 nitrogen and oxygen atoms in total. The van der Waals surface area contributed by atoms with Crippen LogP contribution in [0.5, 0.6) is 5.75 Å². The number of nitrogens with zero attached hydrogens (tertiary/aromatic N) is 3. The van der Waals surface area contributed by atoms with Crippen LogP contribution in [0.15, 0.2) is 40.4 Å². The van der Waals surface area contributed by atoms with Crippen molar-refractivity contribution in [3.8, 4) is 5.75 Å². The molecule has 18 heavy (non-hydrogen) atoms. The minimum absolute atomic E-state index is 0.187. The van der Waals surface area contributed by atoms with Crippen molar-refractivity contribution in [3.63, 3.8) is 0 Å². The molecule has 0 bridgehead atoms. The van der Waals surface area contributed by atoms with E-state index in [9.17, 15) is 4.79 Å². The van der Waals surface area contributed by atoms with Gasteiger partial charge in [0, 0.05) is 0 Å². The van der Waals surface area contributed by atoms with E-state index in [2.05, 4.69) is 25.7 Å². The summed E-state index contributed by atoms with van der Waals surface area (Å²) in [5, 5.41) is 11.1. The number of benzene rings is 1. The van der Waals surface area contributed by atoms with Crippen LogP contribution in [-0.4, -0.2) is 28.5 Å². The molecule has 0 atom stereocenters. The normalized spacial score (nSPS) is 10.5. The second-order valence-electron chi connectivity index (χ2n) is 3.33. The summed E-state index contributed by atoms with van der Waals surface area (Å²) in [4.78, 5) is 13.4. The maximum atomic E-state index is 10.9. The highest BCUT2D eigenvalue weighted by molar-refractivity contribution is 5.80. The fraction of sp³-hybridized carbons (Fsp3) is 0.0909. The molecule has 2 aromatic rings. The maximum Gasteiger partial charge on any atom is 0.271 e. The van der Waals surface area contributed by atoms with Crippen LogP contribution in [0.1, 0.15) is 5.56 Å². The zero-order chi connectivity index (χ0) is 12.8. The first-order valence-corrected chi connectivity index (χ1v) is 5.13. The fourth-order valence-corrected chi connectivity index (χ4v) is 1.22. The zero-order valence-electron chi connectivity index (χ0n) is 9.62. The Morgan fingerprint density at radius 2 is 2.17 bits per heavy atom. The van der Waals surface area contributed by atoms with E-state index >= 15 is 0 Å². The standard InChI is InChI=1S/C11H11N5O2/c1-18-9-4-2-8(3-5-9)6-12-15-11-14-10(17)7-13-16-11/h2-7H,1H3,(H2,14,15,16,17). The van der Waals surface area contributed by atoms with Crippen LogP contribution in [0.25, 0.3) is 0 Å². The Morgan fingerprint density at radius 3 is 2.83 bits per heavy atom. The van der Waals surface area contributed by atoms with E-state index in [0.29, 0.717) is 0 Å². The second-order valence-corrected chi connectivity index (χ2v) is 3.33. The van der Waals surface area contributed by atoms with Crippen molar-refractivity contribution in [1.29, 1.82) is 0 Å². The van der Waals surface area contributed by atoms with E-state index in [-0.39, 0.29) is 11.5 Å². The van der Waals surface area contributed by atoms with Crippen molar-refractivity contribution in [1.82, 2.24) is 15.2 Å². The van der Waals surface area contributed by atoms with Crippen LogP contribution in [0.4, 0.5) is 5.95 Å². The molecule has 1 heterocycles. The molecule has 0 fully saturated rings. The van der Waals surface area contributed by atoms with Gasteiger partial charge in [0.05, 0.1) is 13.3 Å². The number of hydrogen-bond acceptors (Lipinski definition) is 6. The minimum atomic E-state index is -0.341. The van der Waals surface area contributed by atoms with E-state index in [4.69, 9.17) is 4.74 Å². The summed E-state index contributed by atoms with van der Waals surface area (Å²) in [6.45, 7) is 0. The number of anilines is 1. The molecular formula is C11H11N5O2. The van der Waals surface area contributed by atoms with Crippen molar-refractivity contribution in [2.75, 3.05) is 12.5 Å². The van der Waals surface area contributed by atoms with Crippen LogP contribution < -0.4 is 15.7 Å². The van der Waals surface area contributed by atoms with Gasteiger partial charge in [-0.3, -0.25) is 9.78 Å². The molecule has 1 aromatic heterocycles. The van der Waals surface area contributed by atoms with Gasteiger partial charge in [0.2, 0.25) is 5.95 Å². The predicted molar refractivity (Wildman–Crippen MR) is 66.9 cm³/mol. The number of aromatic amines is 1. The Balaban J connectivity index is 2.00. The number of ether oxygens (including phenoxy) is 1. The van der Waals surface area contributed by atoms with Gasteiger partial charge in [-0.15, -0.1) is 10.2 Å². The highest BCUT2D eigenvalue weighted by atomic mass is 16.5. The molecule has 2 N–H and O–H groups in total. The summed E-state index contributed by atoms with van der Waals surface area (Å²) in [5.74, 6) is 0.964. The highest BCUT2D eigenvalue weighted by Crippen LogP contribution is 2.09. The van der Waals surface area contributed by atoms with Crippen molar-refractivity contribution in [2.24, 2.45) is 5.10 Å². The number of H-pyrrole nitrogens is 1. The first-order valence-electron chi connectivity index (χ1n) is 5.13. The van der Waals surface area contributed by atoms with Gasteiger partial charge in [-0.25, -0.2) is 5.43 Å². The van der Waals surface area contributed by atoms with E-state index in [1.165, 1.54) is 0 Å². The molecule has 0 amide bonds. The lowest BCUT2D eigenvalue weighted by atomic mass is 10.2. The van der Waals surface area contributed by atoms with Gasteiger partial charge in [-0.05, 0) is 29.8 Å². The molecule has 1 aromatic carbocycles. The van der Waals surface area contributed by atoms with E-state index in [1.807, 2.05) is 24.3 Å². The van der Waals surface area contributed by atoms with Crippen LogP contribution in [0, 0.1) is 0 Å². The number of nitrogens with one attached hydrogen (secondary N) is 2. The summed E-state index contributed by atoms with van der Waals surface area (Å²) >= 11 is 0. The first kappa shape index (κ1) is 11.8. The van der Waals surface area contributed by atoms with Crippen LogP contribution in [0.3, 0.4) is 0 Å². The monoisotopic (exact) mass is 245 g/mol. The number of methoxy groups -OCH3 is 1. The SMILES string of the molecule is COc1ccc(C=NNc2nncc(=O)[nH]2)cc1. The fourth-order valence-electron chi connectivity index (χ4n) is 1.22. The van der Waals surface area contributed by atoms with Crippen molar-refractivity contribution in [2.45, 2.75) is 0 Å². The number of aromatic nitrogens is 3. The van der Waals surface area contributed by atoms with E-state index < -0.39 is 0 Å². The molecule has 2 rings (SSSR count). The van der Waals surface area contributed by atoms with Crippen LogP contribution in [-0.2, 0) is 0 Å². The lowest BCUT2D eigenvalue weighted by Gasteiger charge is -1.99. The lowest BCUT2D eigenvalue weighted by molar-refractivity contribution is 0.415.